The molecule has 1 atom stereocenters. The number of ether oxygens (including phenoxy) is 1. The molecule has 2 aromatic rings. The van der Waals surface area contributed by atoms with Crippen LogP contribution in [0.2, 0.25) is 0 Å². The van der Waals surface area contributed by atoms with Gasteiger partial charge in [0, 0.05) is 16.1 Å². The van der Waals surface area contributed by atoms with E-state index >= 15 is 0 Å². The van der Waals surface area contributed by atoms with Gasteiger partial charge in [0.15, 0.2) is 0 Å². The molecule has 0 aliphatic carbocycles. The summed E-state index contributed by atoms with van der Waals surface area (Å²) in [6, 6.07) is 6.71. The van der Waals surface area contributed by atoms with Gasteiger partial charge in [0.1, 0.15) is 18.2 Å². The first kappa shape index (κ1) is 15.5. The van der Waals surface area contributed by atoms with Gasteiger partial charge in [-0.1, -0.05) is 6.92 Å². The maximum Gasteiger partial charge on any atom is 0.124 e. The number of benzene rings is 1. The van der Waals surface area contributed by atoms with Gasteiger partial charge >= 0.3 is 0 Å². The zero-order valence-electron chi connectivity index (χ0n) is 11.5. The number of hydrogen-bond donors (Lipinski definition) is 1. The third-order valence-corrected chi connectivity index (χ3v) is 4.90. The lowest BCUT2D eigenvalue weighted by Crippen LogP contribution is -2.18. The molecule has 0 fully saturated rings. The molecule has 1 aromatic carbocycles. The standard InChI is InChI=1S/C15H17BrFNOS/c1-3-18-10(2)12-8-11(17)4-5-14(12)19-9-15-13(16)6-7-20-15/h4-8,10,18H,3,9H2,1-2H3. The largest absolute Gasteiger partial charge is 0.488 e. The number of halogens is 2. The van der Waals surface area contributed by atoms with E-state index in [0.29, 0.717) is 6.61 Å². The van der Waals surface area contributed by atoms with Crippen LogP contribution < -0.4 is 10.1 Å². The van der Waals surface area contributed by atoms with Crippen LogP contribution >= 0.6 is 27.3 Å². The minimum Gasteiger partial charge on any atom is -0.488 e. The van der Waals surface area contributed by atoms with Gasteiger partial charge < -0.3 is 10.1 Å². The average Bonchev–Trinajstić information content (AvgIpc) is 2.83. The smallest absolute Gasteiger partial charge is 0.124 e. The van der Waals surface area contributed by atoms with E-state index in [-0.39, 0.29) is 11.9 Å². The number of hydrogen-bond acceptors (Lipinski definition) is 3. The molecule has 2 rings (SSSR count). The molecular weight excluding hydrogens is 341 g/mol. The van der Waals surface area contributed by atoms with E-state index in [0.717, 1.165) is 27.2 Å². The van der Waals surface area contributed by atoms with Gasteiger partial charge in [-0.25, -0.2) is 4.39 Å². The van der Waals surface area contributed by atoms with Crippen LogP contribution in [0.4, 0.5) is 4.39 Å². The van der Waals surface area contributed by atoms with Crippen LogP contribution in [0.15, 0.2) is 34.1 Å². The van der Waals surface area contributed by atoms with Crippen LogP contribution in [0.3, 0.4) is 0 Å². The summed E-state index contributed by atoms with van der Waals surface area (Å²) in [4.78, 5) is 1.12. The molecule has 0 aliphatic heterocycles. The molecule has 5 heteroatoms. The Bertz CT molecular complexity index is 573. The van der Waals surface area contributed by atoms with Crippen LogP contribution in [-0.4, -0.2) is 6.54 Å². The first-order chi connectivity index (χ1) is 9.61. The summed E-state index contributed by atoms with van der Waals surface area (Å²) in [5.74, 6) is 0.481. The Hall–Kier alpha value is -0.910. The summed E-state index contributed by atoms with van der Waals surface area (Å²) in [6.07, 6.45) is 0. The summed E-state index contributed by atoms with van der Waals surface area (Å²) in [5.41, 5.74) is 0.847. The Morgan fingerprint density at radius 1 is 1.40 bits per heavy atom. The third kappa shape index (κ3) is 3.81. The minimum absolute atomic E-state index is 0.0532. The Labute approximate surface area is 131 Å². The minimum atomic E-state index is -0.241. The Morgan fingerprint density at radius 2 is 2.20 bits per heavy atom. The molecule has 0 saturated carbocycles. The van der Waals surface area contributed by atoms with E-state index in [9.17, 15) is 4.39 Å². The monoisotopic (exact) mass is 357 g/mol. The molecule has 0 amide bonds. The molecule has 0 aliphatic rings. The highest BCUT2D eigenvalue weighted by Crippen LogP contribution is 2.29. The molecule has 108 valence electrons. The van der Waals surface area contributed by atoms with E-state index in [2.05, 4.69) is 21.2 Å². The van der Waals surface area contributed by atoms with Gasteiger partial charge in [0.05, 0.1) is 4.88 Å². The molecule has 0 radical (unpaired) electrons. The third-order valence-electron chi connectivity index (χ3n) is 3.00. The molecule has 20 heavy (non-hydrogen) atoms. The quantitative estimate of drug-likeness (QED) is 0.793. The fourth-order valence-electron chi connectivity index (χ4n) is 1.98. The van der Waals surface area contributed by atoms with Gasteiger partial charge in [-0.3, -0.25) is 0 Å². The van der Waals surface area contributed by atoms with E-state index in [1.807, 2.05) is 25.3 Å². The van der Waals surface area contributed by atoms with Crippen LogP contribution in [0.5, 0.6) is 5.75 Å². The zero-order chi connectivity index (χ0) is 14.5. The average molecular weight is 358 g/mol. The van der Waals surface area contributed by atoms with Crippen molar-refractivity contribution < 1.29 is 9.13 Å². The van der Waals surface area contributed by atoms with Gasteiger partial charge in [-0.05, 0) is 59.0 Å². The lowest BCUT2D eigenvalue weighted by atomic mass is 10.1. The molecule has 1 unspecified atom stereocenters. The van der Waals surface area contributed by atoms with Crippen molar-refractivity contribution in [3.8, 4) is 5.75 Å². The first-order valence-corrected chi connectivity index (χ1v) is 8.16. The van der Waals surface area contributed by atoms with Crippen LogP contribution in [0.25, 0.3) is 0 Å². The summed E-state index contributed by atoms with van der Waals surface area (Å²) in [7, 11) is 0. The van der Waals surface area contributed by atoms with E-state index in [4.69, 9.17) is 4.74 Å². The van der Waals surface area contributed by atoms with E-state index in [1.54, 1.807) is 17.4 Å². The SMILES string of the molecule is CCNC(C)c1cc(F)ccc1OCc1sccc1Br. The lowest BCUT2D eigenvalue weighted by molar-refractivity contribution is 0.302. The predicted molar refractivity (Wildman–Crippen MR) is 84.8 cm³/mol. The van der Waals surface area contributed by atoms with E-state index in [1.165, 1.54) is 12.1 Å². The zero-order valence-corrected chi connectivity index (χ0v) is 13.9. The van der Waals surface area contributed by atoms with Crippen LogP contribution in [0, 0.1) is 5.82 Å². The molecule has 1 aromatic heterocycles. The van der Waals surface area contributed by atoms with Crippen molar-refractivity contribution in [2.75, 3.05) is 6.54 Å². The van der Waals surface area contributed by atoms with Crippen molar-refractivity contribution in [2.24, 2.45) is 0 Å². The van der Waals surface area contributed by atoms with Crippen molar-refractivity contribution >= 4 is 27.3 Å². The molecule has 2 nitrogen and oxygen atoms in total. The normalized spacial score (nSPS) is 12.4. The van der Waals surface area contributed by atoms with Gasteiger partial charge in [-0.15, -0.1) is 11.3 Å². The van der Waals surface area contributed by atoms with Gasteiger partial charge in [-0.2, -0.15) is 0 Å². The summed E-state index contributed by atoms with van der Waals surface area (Å²) in [5, 5.41) is 5.29. The molecule has 0 spiro atoms. The highest BCUT2D eigenvalue weighted by Gasteiger charge is 2.13. The second-order valence-electron chi connectivity index (χ2n) is 4.44. The molecule has 0 saturated heterocycles. The maximum atomic E-state index is 13.4. The molecular formula is C15H17BrFNOS. The second kappa shape index (κ2) is 7.20. The van der Waals surface area contributed by atoms with Crippen LogP contribution in [-0.2, 0) is 6.61 Å². The van der Waals surface area contributed by atoms with Crippen molar-refractivity contribution in [3.05, 3.63) is 50.4 Å². The van der Waals surface area contributed by atoms with Crippen molar-refractivity contribution in [2.45, 2.75) is 26.5 Å². The van der Waals surface area contributed by atoms with Crippen molar-refractivity contribution in [3.63, 3.8) is 0 Å². The number of rotatable bonds is 6. The topological polar surface area (TPSA) is 21.3 Å². The fraction of sp³-hybridized carbons (Fsp3) is 0.333. The van der Waals surface area contributed by atoms with Crippen LogP contribution in [0.1, 0.15) is 30.3 Å². The number of thiophene rings is 1. The lowest BCUT2D eigenvalue weighted by Gasteiger charge is -2.17. The summed E-state index contributed by atoms with van der Waals surface area (Å²) >= 11 is 5.12. The van der Waals surface area contributed by atoms with Crippen molar-refractivity contribution in [1.29, 1.82) is 0 Å². The Morgan fingerprint density at radius 3 is 2.85 bits per heavy atom. The maximum absolute atomic E-state index is 13.4. The van der Waals surface area contributed by atoms with Gasteiger partial charge in [0.25, 0.3) is 0 Å². The highest BCUT2D eigenvalue weighted by molar-refractivity contribution is 9.10. The van der Waals surface area contributed by atoms with Crippen molar-refractivity contribution in [1.82, 2.24) is 5.32 Å². The van der Waals surface area contributed by atoms with Gasteiger partial charge in [0.2, 0.25) is 0 Å². The molecule has 1 N–H and O–H groups in total. The predicted octanol–water partition coefficient (Wildman–Crippen LogP) is 4.90. The highest BCUT2D eigenvalue weighted by atomic mass is 79.9. The first-order valence-electron chi connectivity index (χ1n) is 6.49. The number of nitrogens with one attached hydrogen (secondary N) is 1. The summed E-state index contributed by atoms with van der Waals surface area (Å²) in [6.45, 7) is 5.34. The molecule has 0 bridgehead atoms. The summed E-state index contributed by atoms with van der Waals surface area (Å²) < 4.78 is 20.3. The Kier molecular flexibility index (Phi) is 5.57. The Balaban J connectivity index is 2.16. The molecule has 1 heterocycles. The fourth-order valence-corrected chi connectivity index (χ4v) is 3.35. The van der Waals surface area contributed by atoms with E-state index < -0.39 is 0 Å². The second-order valence-corrected chi connectivity index (χ2v) is 6.30.